The molecule has 1 fully saturated rings. The van der Waals surface area contributed by atoms with E-state index in [0.717, 1.165) is 17.3 Å². The summed E-state index contributed by atoms with van der Waals surface area (Å²) in [5, 5.41) is 14.4. The lowest BCUT2D eigenvalue weighted by molar-refractivity contribution is -0.139. The molecule has 1 aromatic carbocycles. The van der Waals surface area contributed by atoms with Gasteiger partial charge in [0.25, 0.3) is 5.91 Å². The molecule has 23 heavy (non-hydrogen) atoms. The number of carbonyl (C=O) groups is 3. The standard InChI is InChI=1S/C16H19BrN2O4/c17-12-5-3-4-11(8-12)15(23)18-10-13(20)19-16(9-14(21)22)6-1-2-7-16/h3-5,8H,1-2,6-7,9-10H2,(H,18,23)(H,19,20)(H,21,22). The van der Waals surface area contributed by atoms with Gasteiger partial charge in [-0.1, -0.05) is 34.8 Å². The summed E-state index contributed by atoms with van der Waals surface area (Å²) in [4.78, 5) is 35.0. The molecular weight excluding hydrogens is 364 g/mol. The minimum absolute atomic E-state index is 0.0850. The number of hydrogen-bond donors (Lipinski definition) is 3. The van der Waals surface area contributed by atoms with Gasteiger partial charge in [-0.05, 0) is 31.0 Å². The Labute approximate surface area is 142 Å². The van der Waals surface area contributed by atoms with E-state index in [-0.39, 0.29) is 24.8 Å². The van der Waals surface area contributed by atoms with Crippen LogP contribution in [0.3, 0.4) is 0 Å². The number of amides is 2. The van der Waals surface area contributed by atoms with E-state index in [9.17, 15) is 14.4 Å². The van der Waals surface area contributed by atoms with Gasteiger partial charge < -0.3 is 15.7 Å². The molecule has 0 atom stereocenters. The van der Waals surface area contributed by atoms with Crippen LogP contribution in [0.4, 0.5) is 0 Å². The molecule has 0 unspecified atom stereocenters. The van der Waals surface area contributed by atoms with E-state index in [1.807, 2.05) is 0 Å². The van der Waals surface area contributed by atoms with Crippen molar-refractivity contribution in [3.8, 4) is 0 Å². The Morgan fingerprint density at radius 2 is 1.91 bits per heavy atom. The van der Waals surface area contributed by atoms with Gasteiger partial charge in [0.05, 0.1) is 18.5 Å². The highest BCUT2D eigenvalue weighted by atomic mass is 79.9. The van der Waals surface area contributed by atoms with Crippen molar-refractivity contribution in [3.05, 3.63) is 34.3 Å². The smallest absolute Gasteiger partial charge is 0.305 e. The molecule has 1 aliphatic rings. The number of carboxylic acids is 1. The zero-order valence-electron chi connectivity index (χ0n) is 12.6. The van der Waals surface area contributed by atoms with Gasteiger partial charge >= 0.3 is 5.97 Å². The van der Waals surface area contributed by atoms with Crippen molar-refractivity contribution >= 4 is 33.7 Å². The molecular formula is C16H19BrN2O4. The number of halogens is 1. The third kappa shape index (κ3) is 5.06. The van der Waals surface area contributed by atoms with E-state index in [1.54, 1.807) is 24.3 Å². The zero-order chi connectivity index (χ0) is 16.9. The second-order valence-corrected chi connectivity index (χ2v) is 6.71. The lowest BCUT2D eigenvalue weighted by Crippen LogP contribution is -2.51. The molecule has 7 heteroatoms. The Morgan fingerprint density at radius 3 is 2.52 bits per heavy atom. The Hall–Kier alpha value is -1.89. The summed E-state index contributed by atoms with van der Waals surface area (Å²) in [6, 6.07) is 6.86. The molecule has 0 bridgehead atoms. The summed E-state index contributed by atoms with van der Waals surface area (Å²) in [7, 11) is 0. The number of aliphatic carboxylic acids is 1. The second kappa shape index (κ2) is 7.59. The molecule has 0 spiro atoms. The zero-order valence-corrected chi connectivity index (χ0v) is 14.2. The van der Waals surface area contributed by atoms with E-state index in [1.165, 1.54) is 0 Å². The highest BCUT2D eigenvalue weighted by molar-refractivity contribution is 9.10. The van der Waals surface area contributed by atoms with Crippen LogP contribution in [0.25, 0.3) is 0 Å². The summed E-state index contributed by atoms with van der Waals surface area (Å²) < 4.78 is 0.779. The first-order chi connectivity index (χ1) is 10.9. The molecule has 0 saturated heterocycles. The van der Waals surface area contributed by atoms with Crippen LogP contribution in [-0.2, 0) is 9.59 Å². The molecule has 2 amide bonds. The van der Waals surface area contributed by atoms with Gasteiger partial charge in [-0.3, -0.25) is 14.4 Å². The van der Waals surface area contributed by atoms with Crippen LogP contribution in [0.5, 0.6) is 0 Å². The summed E-state index contributed by atoms with van der Waals surface area (Å²) >= 11 is 3.28. The Balaban J connectivity index is 1.89. The molecule has 3 N–H and O–H groups in total. The molecule has 1 aliphatic carbocycles. The maximum atomic E-state index is 12.1. The number of carboxylic acid groups (broad SMARTS) is 1. The fraction of sp³-hybridized carbons (Fsp3) is 0.438. The predicted molar refractivity (Wildman–Crippen MR) is 88.1 cm³/mol. The maximum Gasteiger partial charge on any atom is 0.305 e. The van der Waals surface area contributed by atoms with Crippen LogP contribution in [0.15, 0.2) is 28.7 Å². The Morgan fingerprint density at radius 1 is 1.22 bits per heavy atom. The molecule has 0 heterocycles. The van der Waals surface area contributed by atoms with Gasteiger partial charge in [0.2, 0.25) is 5.91 Å². The lowest BCUT2D eigenvalue weighted by atomic mass is 9.93. The summed E-state index contributed by atoms with van der Waals surface area (Å²) in [5.74, 6) is -1.64. The van der Waals surface area contributed by atoms with Crippen LogP contribution in [-0.4, -0.2) is 35.0 Å². The van der Waals surface area contributed by atoms with Crippen molar-refractivity contribution in [2.75, 3.05) is 6.54 Å². The lowest BCUT2D eigenvalue weighted by Gasteiger charge is -2.28. The van der Waals surface area contributed by atoms with E-state index in [2.05, 4.69) is 26.6 Å². The molecule has 0 aliphatic heterocycles. The normalized spacial score (nSPS) is 15.9. The average Bonchev–Trinajstić information content (AvgIpc) is 2.91. The molecule has 124 valence electrons. The summed E-state index contributed by atoms with van der Waals surface area (Å²) in [6.45, 7) is -0.174. The molecule has 0 radical (unpaired) electrons. The van der Waals surface area contributed by atoms with Gasteiger partial charge in [0.1, 0.15) is 0 Å². The van der Waals surface area contributed by atoms with Crippen molar-refractivity contribution in [3.63, 3.8) is 0 Å². The maximum absolute atomic E-state index is 12.1. The topological polar surface area (TPSA) is 95.5 Å². The average molecular weight is 383 g/mol. The van der Waals surface area contributed by atoms with Gasteiger partial charge in [-0.2, -0.15) is 0 Å². The van der Waals surface area contributed by atoms with E-state index in [4.69, 9.17) is 5.11 Å². The van der Waals surface area contributed by atoms with Gasteiger partial charge in [-0.25, -0.2) is 0 Å². The summed E-state index contributed by atoms with van der Waals surface area (Å²) in [5.41, 5.74) is -0.225. The monoisotopic (exact) mass is 382 g/mol. The Kier molecular flexibility index (Phi) is 5.76. The van der Waals surface area contributed by atoms with E-state index < -0.39 is 11.5 Å². The minimum Gasteiger partial charge on any atom is -0.481 e. The van der Waals surface area contributed by atoms with Crippen LogP contribution >= 0.6 is 15.9 Å². The fourth-order valence-electron chi connectivity index (χ4n) is 2.92. The van der Waals surface area contributed by atoms with Gasteiger partial charge in [0, 0.05) is 10.0 Å². The minimum atomic E-state index is -0.926. The van der Waals surface area contributed by atoms with Crippen LogP contribution < -0.4 is 10.6 Å². The van der Waals surface area contributed by atoms with Crippen molar-refractivity contribution in [2.45, 2.75) is 37.6 Å². The quantitative estimate of drug-likeness (QED) is 0.701. The third-order valence-corrected chi connectivity index (χ3v) is 4.44. The number of benzene rings is 1. The highest BCUT2D eigenvalue weighted by Crippen LogP contribution is 2.32. The van der Waals surface area contributed by atoms with Crippen molar-refractivity contribution in [2.24, 2.45) is 0 Å². The van der Waals surface area contributed by atoms with Crippen molar-refractivity contribution < 1.29 is 19.5 Å². The second-order valence-electron chi connectivity index (χ2n) is 5.80. The SMILES string of the molecule is O=C(O)CC1(NC(=O)CNC(=O)c2cccc(Br)c2)CCCC1. The van der Waals surface area contributed by atoms with Gasteiger partial charge in [0.15, 0.2) is 0 Å². The number of carbonyl (C=O) groups excluding carboxylic acids is 2. The molecule has 2 rings (SSSR count). The predicted octanol–water partition coefficient (Wildman–Crippen LogP) is 2.08. The largest absolute Gasteiger partial charge is 0.481 e. The van der Waals surface area contributed by atoms with E-state index >= 15 is 0 Å². The number of nitrogens with one attached hydrogen (secondary N) is 2. The van der Waals surface area contributed by atoms with Crippen LogP contribution in [0, 0.1) is 0 Å². The first-order valence-corrected chi connectivity index (χ1v) is 8.26. The first-order valence-electron chi connectivity index (χ1n) is 7.47. The van der Waals surface area contributed by atoms with Gasteiger partial charge in [-0.15, -0.1) is 0 Å². The van der Waals surface area contributed by atoms with Crippen molar-refractivity contribution in [1.29, 1.82) is 0 Å². The first kappa shape index (κ1) is 17.5. The third-order valence-electron chi connectivity index (χ3n) is 3.95. The number of rotatable bonds is 6. The van der Waals surface area contributed by atoms with E-state index in [0.29, 0.717) is 18.4 Å². The summed E-state index contributed by atoms with van der Waals surface area (Å²) in [6.07, 6.45) is 3.03. The molecule has 1 aromatic rings. The van der Waals surface area contributed by atoms with Crippen LogP contribution in [0.1, 0.15) is 42.5 Å². The molecule has 0 aromatic heterocycles. The molecule has 6 nitrogen and oxygen atoms in total. The fourth-order valence-corrected chi connectivity index (χ4v) is 3.32. The van der Waals surface area contributed by atoms with Crippen molar-refractivity contribution in [1.82, 2.24) is 10.6 Å². The molecule has 1 saturated carbocycles. The number of hydrogen-bond acceptors (Lipinski definition) is 3. The van der Waals surface area contributed by atoms with Crippen LogP contribution in [0.2, 0.25) is 0 Å². The Bertz CT molecular complexity index is 612. The highest BCUT2D eigenvalue weighted by Gasteiger charge is 2.37.